The summed E-state index contributed by atoms with van der Waals surface area (Å²) in [6.45, 7) is 0. The van der Waals surface area contributed by atoms with Gasteiger partial charge in [0.15, 0.2) is 0 Å². The van der Waals surface area contributed by atoms with Gasteiger partial charge in [-0.15, -0.1) is 11.3 Å². The van der Waals surface area contributed by atoms with Crippen LogP contribution < -0.4 is 4.90 Å². The standard InChI is InChI=1S/C58H38N2S/c1-2-18-46-40(14-1)15-12-24-48(46)49-19-3-7-26-54(49)59(44-36-32-41(33-37-44)47-23-13-25-53-52-22-6-10-29-57(52)61-58(47)53)43-34-30-39(31-35-43)42-16-11-17-45(38-42)60-55-27-8-4-20-50(55)51-21-5-9-28-56(51)60/h1-38H. The molecule has 0 atom stereocenters. The van der Waals surface area contributed by atoms with Crippen molar-refractivity contribution in [2.45, 2.75) is 0 Å². The second kappa shape index (κ2) is 14.5. The summed E-state index contributed by atoms with van der Waals surface area (Å²) in [5, 5.41) is 7.63. The van der Waals surface area contributed by atoms with Gasteiger partial charge in [0.25, 0.3) is 0 Å². The highest BCUT2D eigenvalue weighted by molar-refractivity contribution is 7.26. The molecule has 2 heterocycles. The van der Waals surface area contributed by atoms with E-state index in [9.17, 15) is 0 Å². The zero-order valence-corrected chi connectivity index (χ0v) is 34.1. The number of nitrogens with zero attached hydrogens (tertiary/aromatic N) is 2. The molecule has 0 saturated heterocycles. The fourth-order valence-electron chi connectivity index (χ4n) is 9.38. The molecule has 0 N–H and O–H groups in total. The van der Waals surface area contributed by atoms with Crippen molar-refractivity contribution in [2.75, 3.05) is 4.90 Å². The SMILES string of the molecule is c1cc(-c2ccc(N(c3ccc(-c4cccc5c4sc4ccccc45)cc3)c3ccccc3-c3cccc4ccccc34)cc2)cc(-n2c3ccccc3c3ccccc32)c1. The molecule has 0 amide bonds. The Balaban J connectivity index is 0.978. The van der Waals surface area contributed by atoms with Crippen LogP contribution in [0.5, 0.6) is 0 Å². The molecule has 0 aliphatic carbocycles. The Morgan fingerprint density at radius 2 is 0.885 bits per heavy atom. The van der Waals surface area contributed by atoms with Crippen LogP contribution in [0.25, 0.3) is 91.8 Å². The maximum atomic E-state index is 2.42. The fourth-order valence-corrected chi connectivity index (χ4v) is 10.6. The highest BCUT2D eigenvalue weighted by Gasteiger charge is 2.20. The number of thiophene rings is 1. The van der Waals surface area contributed by atoms with Crippen LogP contribution in [0.2, 0.25) is 0 Å². The van der Waals surface area contributed by atoms with E-state index in [4.69, 9.17) is 0 Å². The lowest BCUT2D eigenvalue weighted by Crippen LogP contribution is -2.11. The highest BCUT2D eigenvalue weighted by Crippen LogP contribution is 2.45. The van der Waals surface area contributed by atoms with Gasteiger partial charge >= 0.3 is 0 Å². The van der Waals surface area contributed by atoms with E-state index in [1.54, 1.807) is 0 Å². The first-order chi connectivity index (χ1) is 30.3. The Labute approximate surface area is 358 Å². The van der Waals surface area contributed by atoms with Gasteiger partial charge in [-0.05, 0) is 99.3 Å². The minimum absolute atomic E-state index is 1.09. The van der Waals surface area contributed by atoms with E-state index >= 15 is 0 Å². The van der Waals surface area contributed by atoms with Crippen molar-refractivity contribution in [2.24, 2.45) is 0 Å². The van der Waals surface area contributed by atoms with Gasteiger partial charge < -0.3 is 9.47 Å². The molecule has 3 heteroatoms. The Morgan fingerprint density at radius 3 is 1.66 bits per heavy atom. The molecule has 10 aromatic carbocycles. The zero-order valence-electron chi connectivity index (χ0n) is 33.2. The van der Waals surface area contributed by atoms with E-state index in [0.717, 1.165) is 22.7 Å². The van der Waals surface area contributed by atoms with E-state index < -0.39 is 0 Å². The first-order valence-electron chi connectivity index (χ1n) is 20.8. The summed E-state index contributed by atoms with van der Waals surface area (Å²) in [6.07, 6.45) is 0. The van der Waals surface area contributed by atoms with E-state index in [2.05, 4.69) is 240 Å². The molecule has 0 saturated carbocycles. The molecule has 286 valence electrons. The average molecular weight is 795 g/mol. The number of rotatable bonds is 7. The Bertz CT molecular complexity index is 3530. The normalized spacial score (nSPS) is 11.6. The summed E-state index contributed by atoms with van der Waals surface area (Å²) in [4.78, 5) is 2.42. The third-order valence-electron chi connectivity index (χ3n) is 12.2. The van der Waals surface area contributed by atoms with E-state index in [1.807, 2.05) is 11.3 Å². The third-order valence-corrected chi connectivity index (χ3v) is 13.4. The highest BCUT2D eigenvalue weighted by atomic mass is 32.1. The van der Waals surface area contributed by atoms with Gasteiger partial charge in [-0.2, -0.15) is 0 Å². The van der Waals surface area contributed by atoms with Gasteiger partial charge in [0, 0.05) is 53.6 Å². The van der Waals surface area contributed by atoms with Crippen LogP contribution in [-0.2, 0) is 0 Å². The van der Waals surface area contributed by atoms with Crippen LogP contribution >= 0.6 is 11.3 Å². The lowest BCUT2D eigenvalue weighted by atomic mass is 9.96. The first-order valence-corrected chi connectivity index (χ1v) is 21.7. The molecule has 0 radical (unpaired) electrons. The summed E-state index contributed by atoms with van der Waals surface area (Å²) < 4.78 is 5.03. The first kappa shape index (κ1) is 35.2. The van der Waals surface area contributed by atoms with Crippen molar-refractivity contribution in [3.63, 3.8) is 0 Å². The number of hydrogen-bond acceptors (Lipinski definition) is 2. The molecule has 61 heavy (non-hydrogen) atoms. The number of para-hydroxylation sites is 3. The number of fused-ring (bicyclic) bond motifs is 7. The molecule has 0 aliphatic heterocycles. The molecule has 0 spiro atoms. The van der Waals surface area contributed by atoms with Gasteiger partial charge in [0.1, 0.15) is 0 Å². The van der Waals surface area contributed by atoms with Crippen molar-refractivity contribution < 1.29 is 0 Å². The number of benzene rings is 10. The number of anilines is 3. The van der Waals surface area contributed by atoms with Crippen LogP contribution in [0.4, 0.5) is 17.1 Å². The Morgan fingerprint density at radius 1 is 0.344 bits per heavy atom. The average Bonchev–Trinajstić information content (AvgIpc) is 3.88. The van der Waals surface area contributed by atoms with Crippen molar-refractivity contribution in [1.82, 2.24) is 4.57 Å². The van der Waals surface area contributed by atoms with Crippen molar-refractivity contribution in [3.8, 4) is 39.1 Å². The summed E-state index contributed by atoms with van der Waals surface area (Å²) >= 11 is 1.88. The molecule has 2 nitrogen and oxygen atoms in total. The molecule has 0 unspecified atom stereocenters. The van der Waals surface area contributed by atoms with Gasteiger partial charge in [-0.1, -0.05) is 170 Å². The van der Waals surface area contributed by atoms with Crippen LogP contribution in [-0.4, -0.2) is 4.57 Å². The van der Waals surface area contributed by atoms with Crippen LogP contribution in [0.1, 0.15) is 0 Å². The molecular weight excluding hydrogens is 757 g/mol. The maximum absolute atomic E-state index is 2.42. The molecule has 0 bridgehead atoms. The largest absolute Gasteiger partial charge is 0.310 e. The van der Waals surface area contributed by atoms with E-state index in [-0.39, 0.29) is 0 Å². The molecular formula is C58H38N2S. The van der Waals surface area contributed by atoms with Crippen molar-refractivity contribution >= 4 is 81.1 Å². The van der Waals surface area contributed by atoms with Crippen molar-refractivity contribution in [3.05, 3.63) is 231 Å². The smallest absolute Gasteiger partial charge is 0.0541 e. The molecule has 0 aliphatic rings. The lowest BCUT2D eigenvalue weighted by Gasteiger charge is -2.28. The topological polar surface area (TPSA) is 8.17 Å². The van der Waals surface area contributed by atoms with Crippen LogP contribution in [0, 0.1) is 0 Å². The van der Waals surface area contributed by atoms with Crippen LogP contribution in [0.3, 0.4) is 0 Å². The Hall–Kier alpha value is -7.72. The monoisotopic (exact) mass is 794 g/mol. The summed E-state index contributed by atoms with van der Waals surface area (Å²) in [7, 11) is 0. The fraction of sp³-hybridized carbons (Fsp3) is 0. The lowest BCUT2D eigenvalue weighted by molar-refractivity contribution is 1.18. The van der Waals surface area contributed by atoms with Gasteiger partial charge in [0.05, 0.1) is 16.7 Å². The third kappa shape index (κ3) is 5.93. The predicted molar refractivity (Wildman–Crippen MR) is 262 cm³/mol. The minimum atomic E-state index is 1.09. The summed E-state index contributed by atoms with van der Waals surface area (Å²) in [5.41, 5.74) is 14.1. The van der Waals surface area contributed by atoms with Gasteiger partial charge in [0.2, 0.25) is 0 Å². The molecule has 2 aromatic heterocycles. The quantitative estimate of drug-likeness (QED) is 0.156. The summed E-state index contributed by atoms with van der Waals surface area (Å²) in [6, 6.07) is 84.1. The maximum Gasteiger partial charge on any atom is 0.0541 e. The van der Waals surface area contributed by atoms with E-state index in [1.165, 1.54) is 86.1 Å². The zero-order chi connectivity index (χ0) is 40.3. The number of aromatic nitrogens is 1. The van der Waals surface area contributed by atoms with Crippen LogP contribution in [0.15, 0.2) is 231 Å². The molecule has 0 fully saturated rings. The Kier molecular flexibility index (Phi) is 8.39. The number of hydrogen-bond donors (Lipinski definition) is 0. The minimum Gasteiger partial charge on any atom is -0.310 e. The molecule has 12 rings (SSSR count). The van der Waals surface area contributed by atoms with E-state index in [0.29, 0.717) is 0 Å². The summed E-state index contributed by atoms with van der Waals surface area (Å²) in [5.74, 6) is 0. The van der Waals surface area contributed by atoms with Crippen molar-refractivity contribution in [1.29, 1.82) is 0 Å². The van der Waals surface area contributed by atoms with Gasteiger partial charge in [-0.3, -0.25) is 0 Å². The second-order valence-electron chi connectivity index (χ2n) is 15.7. The predicted octanol–water partition coefficient (Wildman–Crippen LogP) is 16.8. The second-order valence-corrected chi connectivity index (χ2v) is 16.7. The molecule has 12 aromatic rings. The van der Waals surface area contributed by atoms with Gasteiger partial charge in [-0.25, -0.2) is 0 Å².